The fraction of sp³-hybridized carbons (Fsp3) is 0.500. The number of ketones is 1. The Morgan fingerprint density at radius 2 is 1.43 bits per heavy atom. The predicted octanol–water partition coefficient (Wildman–Crippen LogP) is 6.33. The van der Waals surface area contributed by atoms with Crippen molar-refractivity contribution in [3.63, 3.8) is 0 Å². The Morgan fingerprint density at radius 3 is 2.03 bits per heavy atom. The summed E-state index contributed by atoms with van der Waals surface area (Å²) in [6.07, 6.45) is 5.02. The minimum atomic E-state index is -0.397. The summed E-state index contributed by atoms with van der Waals surface area (Å²) in [6, 6.07) is 12.7. The molecular weight excluding hydrogens is 516 g/mol. The van der Waals surface area contributed by atoms with Gasteiger partial charge in [0.1, 0.15) is 5.78 Å². The van der Waals surface area contributed by atoms with Crippen LogP contribution < -0.4 is 0 Å². The van der Waals surface area contributed by atoms with E-state index in [9.17, 15) is 4.79 Å². The first-order chi connectivity index (χ1) is 16.8. The Bertz CT molecular complexity index is 1020. The van der Waals surface area contributed by atoms with Crippen LogP contribution >= 0.6 is 33.5 Å². The van der Waals surface area contributed by atoms with E-state index in [0.29, 0.717) is 31.8 Å². The average Bonchev–Trinajstić information content (AvgIpc) is 3.28. The molecule has 2 aromatic rings. The van der Waals surface area contributed by atoms with Crippen LogP contribution in [0.15, 0.2) is 36.4 Å². The van der Waals surface area contributed by atoms with Gasteiger partial charge in [0.05, 0.1) is 26.4 Å². The lowest BCUT2D eigenvalue weighted by molar-refractivity contribution is -0.163. The molecule has 2 aliphatic carbocycles. The molecule has 1 fully saturated rings. The molecule has 5 rings (SSSR count). The number of benzene rings is 2. The quantitative estimate of drug-likeness (QED) is 0.392. The van der Waals surface area contributed by atoms with Gasteiger partial charge >= 0.3 is 0 Å². The third-order valence-corrected chi connectivity index (χ3v) is 8.63. The summed E-state index contributed by atoms with van der Waals surface area (Å²) < 4.78 is 23.1. The average molecular weight is 552 g/mol. The number of carbonyl (C=O) groups is 1. The molecule has 190 valence electrons. The fourth-order valence-corrected chi connectivity index (χ4v) is 6.10. The van der Waals surface area contributed by atoms with Crippen molar-refractivity contribution in [3.05, 3.63) is 69.8 Å². The molecule has 5 nitrogen and oxygen atoms in total. The van der Waals surface area contributed by atoms with Crippen LogP contribution in [0.5, 0.6) is 0 Å². The van der Waals surface area contributed by atoms with E-state index in [1.165, 1.54) is 33.4 Å². The van der Waals surface area contributed by atoms with E-state index < -0.39 is 7.84 Å². The van der Waals surface area contributed by atoms with Gasteiger partial charge in [-0.15, -0.1) is 0 Å². The predicted molar refractivity (Wildman–Crippen MR) is 151 cm³/mol. The van der Waals surface area contributed by atoms with E-state index in [-0.39, 0.29) is 13.6 Å². The number of hydrogen-bond donors (Lipinski definition) is 0. The Kier molecular flexibility index (Phi) is 10.3. The first-order valence-corrected chi connectivity index (χ1v) is 18.7. The summed E-state index contributed by atoms with van der Waals surface area (Å²) in [5, 5.41) is 0. The first kappa shape index (κ1) is 27.7. The van der Waals surface area contributed by atoms with E-state index in [2.05, 4.69) is 61.5 Å². The van der Waals surface area contributed by atoms with E-state index in [1.54, 1.807) is 0 Å². The van der Waals surface area contributed by atoms with Crippen LogP contribution in [-0.4, -0.2) is 38.1 Å². The number of ether oxygens (including phenoxy) is 2. The molecule has 0 bridgehead atoms. The number of Topliss-reactive ketones (excluding diaryl/α,β-unsaturated/α-hetero) is 1. The molecule has 2 aromatic carbocycles. The van der Waals surface area contributed by atoms with Gasteiger partial charge in [0.15, 0.2) is 5.79 Å². The second-order valence-corrected chi connectivity index (χ2v) is 16.3. The Labute approximate surface area is 216 Å². The van der Waals surface area contributed by atoms with E-state index in [4.69, 9.17) is 18.5 Å². The minimum absolute atomic E-state index is 0.343. The number of carbonyl (C=O) groups excluding carboxylic acids is 1. The second-order valence-electron chi connectivity index (χ2n) is 9.25. The molecule has 3 aliphatic rings. The van der Waals surface area contributed by atoms with Crippen molar-refractivity contribution in [3.8, 4) is 0 Å². The highest BCUT2D eigenvalue weighted by atomic mass is 32.0. The van der Waals surface area contributed by atoms with Gasteiger partial charge in [-0.1, -0.05) is 54.3 Å². The zero-order valence-electron chi connectivity index (χ0n) is 20.6. The van der Waals surface area contributed by atoms with Crippen LogP contribution in [0.4, 0.5) is 0 Å². The second kappa shape index (κ2) is 13.0. The maximum absolute atomic E-state index is 11.4. The Hall–Kier alpha value is -0.330. The molecule has 0 amide bonds. The van der Waals surface area contributed by atoms with E-state index in [1.807, 2.05) is 6.07 Å². The first-order valence-electron chi connectivity index (χ1n) is 12.1. The van der Waals surface area contributed by atoms with Crippen molar-refractivity contribution in [1.82, 2.24) is 0 Å². The summed E-state index contributed by atoms with van der Waals surface area (Å²) >= 11 is 0. The number of fused-ring (bicyclic) bond motifs is 2. The van der Waals surface area contributed by atoms with Crippen LogP contribution in [0.25, 0.3) is 0 Å². The standard InChI is InChI=1S/C14H20O3P2.C12H16O2P2/c1-19(18)17-10-12-4-2-3-11-9-14(6-5-13(11)12)15-7-8-16-14;1-16(15)14-8-10-4-2-3-9-7-11(13)5-6-12(9)10/h2-4H,5-10,18H2,1H3;2-4H,5-8,15H2,1H3. The van der Waals surface area contributed by atoms with Crippen molar-refractivity contribution in [2.75, 3.05) is 26.5 Å². The van der Waals surface area contributed by atoms with Gasteiger partial charge in [0.25, 0.3) is 0 Å². The summed E-state index contributed by atoms with van der Waals surface area (Å²) in [7, 11) is 4.65. The zero-order chi connectivity index (χ0) is 24.8. The summed E-state index contributed by atoms with van der Waals surface area (Å²) in [5.74, 6) is 0.0131. The maximum Gasteiger partial charge on any atom is 0.172 e. The minimum Gasteiger partial charge on any atom is -0.351 e. The zero-order valence-corrected chi connectivity index (χ0v) is 24.7. The summed E-state index contributed by atoms with van der Waals surface area (Å²) in [4.78, 5) is 11.4. The monoisotopic (exact) mass is 552 g/mol. The van der Waals surface area contributed by atoms with Crippen molar-refractivity contribution >= 4 is 39.3 Å². The van der Waals surface area contributed by atoms with Crippen LogP contribution in [0.1, 0.15) is 46.2 Å². The highest BCUT2D eigenvalue weighted by Gasteiger charge is 2.40. The summed E-state index contributed by atoms with van der Waals surface area (Å²) in [6.45, 7) is 7.01. The lowest BCUT2D eigenvalue weighted by Gasteiger charge is -2.33. The van der Waals surface area contributed by atoms with E-state index >= 15 is 0 Å². The molecule has 1 saturated heterocycles. The molecule has 1 heterocycles. The Morgan fingerprint density at radius 1 is 0.857 bits per heavy atom. The van der Waals surface area contributed by atoms with Crippen molar-refractivity contribution in [2.45, 2.75) is 57.5 Å². The van der Waals surface area contributed by atoms with Gasteiger partial charge in [0, 0.05) is 41.4 Å². The Balaban J connectivity index is 0.000000168. The largest absolute Gasteiger partial charge is 0.351 e. The topological polar surface area (TPSA) is 54.0 Å². The van der Waals surface area contributed by atoms with Crippen LogP contribution in [0, 0.1) is 0 Å². The maximum atomic E-state index is 11.4. The normalized spacial score (nSPS) is 19.9. The molecule has 4 atom stereocenters. The summed E-state index contributed by atoms with van der Waals surface area (Å²) in [5.41, 5.74) is 7.90. The smallest absolute Gasteiger partial charge is 0.172 e. The van der Waals surface area contributed by atoms with Gasteiger partial charge in [0.2, 0.25) is 0 Å². The number of hydrogen-bond acceptors (Lipinski definition) is 5. The van der Waals surface area contributed by atoms with Crippen molar-refractivity contribution < 1.29 is 23.3 Å². The number of rotatable bonds is 6. The SMILES string of the molecule is CP(P)OCc1cccc2c1CCC(=O)C2.CP(P)OCc1cccc2c1CCC1(C2)OCCO1. The molecule has 4 unspecified atom stereocenters. The highest BCUT2D eigenvalue weighted by molar-refractivity contribution is 8.10. The van der Waals surface area contributed by atoms with Crippen LogP contribution in [0.2, 0.25) is 0 Å². The third-order valence-electron chi connectivity index (χ3n) is 6.66. The fourth-order valence-electron chi connectivity index (χ4n) is 4.96. The van der Waals surface area contributed by atoms with E-state index in [0.717, 1.165) is 38.9 Å². The molecule has 1 aliphatic heterocycles. The third kappa shape index (κ3) is 7.60. The van der Waals surface area contributed by atoms with Gasteiger partial charge in [-0.3, -0.25) is 4.79 Å². The molecule has 0 N–H and O–H groups in total. The molecule has 35 heavy (non-hydrogen) atoms. The highest BCUT2D eigenvalue weighted by Crippen LogP contribution is 2.43. The molecule has 1 spiro atoms. The lowest BCUT2D eigenvalue weighted by Crippen LogP contribution is -2.37. The van der Waals surface area contributed by atoms with Gasteiger partial charge in [-0.25, -0.2) is 0 Å². The molecule has 0 aromatic heterocycles. The molecule has 0 saturated carbocycles. The van der Waals surface area contributed by atoms with Crippen LogP contribution in [-0.2, 0) is 62.2 Å². The van der Waals surface area contributed by atoms with Crippen molar-refractivity contribution in [1.29, 1.82) is 0 Å². The van der Waals surface area contributed by atoms with Gasteiger partial charge in [-0.2, -0.15) is 0 Å². The van der Waals surface area contributed by atoms with Crippen LogP contribution in [0.3, 0.4) is 0 Å². The van der Waals surface area contributed by atoms with Gasteiger partial charge < -0.3 is 18.5 Å². The van der Waals surface area contributed by atoms with Gasteiger partial charge in [-0.05, 0) is 59.6 Å². The molecule has 9 heteroatoms. The van der Waals surface area contributed by atoms with Crippen molar-refractivity contribution in [2.24, 2.45) is 0 Å². The lowest BCUT2D eigenvalue weighted by atomic mass is 9.85. The molecular formula is C26H36O5P4. The molecule has 0 radical (unpaired) electrons.